The van der Waals surface area contributed by atoms with Gasteiger partial charge in [-0.3, -0.25) is 0 Å². The summed E-state index contributed by atoms with van der Waals surface area (Å²) in [7, 11) is -18.9. The van der Waals surface area contributed by atoms with Gasteiger partial charge in [-0.2, -0.15) is 0 Å². The molecule has 4 aromatic rings. The molecule has 3 aliphatic carbocycles. The fourth-order valence-electron chi connectivity index (χ4n) is 10.1. The maximum absolute atomic E-state index is 6.28. The van der Waals surface area contributed by atoms with Crippen molar-refractivity contribution in [3.63, 3.8) is 0 Å². The first-order valence-electron chi connectivity index (χ1n) is 26.2. The van der Waals surface area contributed by atoms with Crippen molar-refractivity contribution in [1.82, 2.24) is 0 Å². The fraction of sp³-hybridized carbons (Fsp3) is 0.415. The van der Waals surface area contributed by atoms with Crippen molar-refractivity contribution in [1.29, 1.82) is 0 Å². The van der Waals surface area contributed by atoms with Crippen molar-refractivity contribution in [3.05, 3.63) is 128 Å². The standard InChI is InChI=1S/C20H22ClN.C15H20.C6H4BrCl.I68/c1-19-12-5-6-13-20(19,2)22(16-9-7-8-15(21)14-16)18-11-4-3-10-17(18)19;1-14-9-5-6-10-15(14,2)13-8-4-3-7-12(13)11-14;7-5-2-1-3-6(8)4-5;1-36(2)38(5)40(7)42(9)44(11)46(13)48(15)50(17)52(19)54(21)56(23)58(25)60(27)62(29)64(31)66(33)68(35)67(34)65(32)63(30)61(28)59(26)57(24)55(22)53(20)51(18)49(16)47(14)45(12)43(10)41(8)39(6)37(3)4/h3-4,7-11,14H,5-6,12-13H2,1-2H3;3-4,7-8H,5-6,9-11H2,1-2H3;1-4H;. The number of nitrogens with zero attached hydrogens (tertiary/aromatic N) is 1. The zero-order valence-corrected chi connectivity index (χ0v) is 203. The molecule has 0 aromatic heterocycles. The molecule has 712 valence electrons. The van der Waals surface area contributed by atoms with E-state index >= 15 is 0 Å². The van der Waals surface area contributed by atoms with Crippen molar-refractivity contribution in [2.45, 2.75) is 102 Å². The van der Waals surface area contributed by atoms with Gasteiger partial charge in [0.2, 0.25) is 0 Å². The summed E-state index contributed by atoms with van der Waals surface area (Å²) in [6, 6.07) is 33.9. The Morgan fingerprint density at radius 3 is 0.850 bits per heavy atom. The molecule has 0 bridgehead atoms. The predicted molar refractivity (Wildman–Crippen MR) is 1150 cm³/mol. The van der Waals surface area contributed by atoms with Crippen molar-refractivity contribution >= 4 is 963 Å². The number of rotatable bonds is 33. The van der Waals surface area contributed by atoms with Crippen molar-refractivity contribution < 1.29 is 0 Å². The number of hydrogen-bond acceptors (Lipinski definition) is 1. The molecular weight excluding hydrogens is 9290 g/mol. The van der Waals surface area contributed by atoms with Crippen LogP contribution in [0.3, 0.4) is 0 Å². The maximum atomic E-state index is 6.28. The minimum atomic E-state index is -0.619. The van der Waals surface area contributed by atoms with Crippen molar-refractivity contribution in [2.75, 3.05) is 4.90 Å². The molecule has 72 heteroatoms. The molecule has 4 unspecified atom stereocenters. The molecule has 0 saturated heterocycles. The number of hydrogen-bond donors (Lipinski definition) is 0. The van der Waals surface area contributed by atoms with Crippen LogP contribution in [-0.4, -0.2) is 5.54 Å². The average Bonchev–Trinajstić information content (AvgIpc) is 1.54. The molecule has 0 spiro atoms. The van der Waals surface area contributed by atoms with Crippen LogP contribution in [0.15, 0.2) is 102 Å². The van der Waals surface area contributed by atoms with E-state index in [-0.39, 0.29) is 11.0 Å². The summed E-state index contributed by atoms with van der Waals surface area (Å²) in [5.41, 5.74) is 8.67. The van der Waals surface area contributed by atoms with Gasteiger partial charge in [-0.1, -0.05) is 140 Å². The Labute approximate surface area is 1140 Å². The molecule has 4 atom stereocenters. The van der Waals surface area contributed by atoms with E-state index in [1.54, 1.807) is 11.1 Å². The van der Waals surface area contributed by atoms with Gasteiger partial charge in [0.15, 0.2) is 0 Å². The van der Waals surface area contributed by atoms with Crippen LogP contribution in [0, 0.1) is 5.41 Å². The zero-order valence-electron chi connectivity index (χ0n) is 52.9. The van der Waals surface area contributed by atoms with Crippen LogP contribution in [0.5, 0.6) is 0 Å². The summed E-state index contributed by atoms with van der Waals surface area (Å²) in [6.07, 6.45) is 12.1. The van der Waals surface area contributed by atoms with Gasteiger partial charge < -0.3 is 4.90 Å². The van der Waals surface area contributed by atoms with E-state index in [9.17, 15) is 0 Å². The molecule has 1 nitrogen and oxygen atoms in total. The van der Waals surface area contributed by atoms with Gasteiger partial charge in [-0.05, 0) is 109 Å². The Hall–Kier alpha value is 47.4. The molecule has 0 N–H and O–H groups in total. The monoisotopic (exact) mass is 9330 g/mol. The van der Waals surface area contributed by atoms with Crippen LogP contribution in [0.4, 0.5) is 11.4 Å². The summed E-state index contributed by atoms with van der Waals surface area (Å²) in [5.74, 6) is 0. The molecule has 0 radical (unpaired) electrons. The van der Waals surface area contributed by atoms with Gasteiger partial charge >= 0.3 is 912 Å². The first-order valence-corrected chi connectivity index (χ1v) is 449. The second-order valence-corrected chi connectivity index (χ2v) is 1630. The van der Waals surface area contributed by atoms with Crippen LogP contribution in [0.25, 0.3) is 0 Å². The van der Waals surface area contributed by atoms with E-state index in [2.05, 4.69) is 767 Å². The second kappa shape index (κ2) is 80.8. The molecule has 2 fully saturated rings. The molecule has 4 aliphatic rings. The third-order valence-corrected chi connectivity index (χ3v) is 5300. The summed E-state index contributed by atoms with van der Waals surface area (Å²) >= 11 is 132. The van der Waals surface area contributed by atoms with Gasteiger partial charge in [0.25, 0.3) is 0 Å². The van der Waals surface area contributed by atoms with E-state index in [1.165, 1.54) is 74.7 Å². The molecule has 0 amide bonds. The topological polar surface area (TPSA) is 3.24 Å². The van der Waals surface area contributed by atoms with Crippen LogP contribution in [0.2, 0.25) is 10.0 Å². The summed E-state index contributed by atoms with van der Waals surface area (Å²) in [5, 5.41) is 1.57. The van der Waals surface area contributed by atoms with Crippen LogP contribution in [0.1, 0.15) is 95.8 Å². The molecule has 113 heavy (non-hydrogen) atoms. The van der Waals surface area contributed by atoms with Crippen LogP contribution >= 0.6 is 951 Å². The zero-order chi connectivity index (χ0) is 85.9. The van der Waals surface area contributed by atoms with E-state index < -0.39 is 261 Å². The third-order valence-electron chi connectivity index (χ3n) is 14.7. The third kappa shape index (κ3) is 48.8. The second-order valence-electron chi connectivity index (χ2n) is 19.9. The van der Waals surface area contributed by atoms with Gasteiger partial charge in [0, 0.05) is 31.3 Å². The van der Waals surface area contributed by atoms with Crippen molar-refractivity contribution in [2.24, 2.45) is 5.41 Å². The first kappa shape index (κ1) is 151. The van der Waals surface area contributed by atoms with Gasteiger partial charge in [-0.15, -0.1) is 0 Å². The minimum absolute atomic E-state index is 0.125. The molecular formula is C41H46BrCl2I68N. The first-order chi connectivity index (χ1) is 52.4. The molecule has 4 aromatic carbocycles. The Balaban J connectivity index is 0.000000393. The van der Waals surface area contributed by atoms with Crippen LogP contribution < -0.4 is 4.90 Å². The van der Waals surface area contributed by atoms with E-state index in [4.69, 9.17) is 23.2 Å². The van der Waals surface area contributed by atoms with Gasteiger partial charge in [0.05, 0.1) is 5.54 Å². The summed E-state index contributed by atoms with van der Waals surface area (Å²) < 4.78 is 1.02. The number of anilines is 2. The fourth-order valence-corrected chi connectivity index (χ4v) is 13000. The number of halogens is 71. The number of para-hydroxylation sites is 1. The Morgan fingerprint density at radius 2 is 0.549 bits per heavy atom. The SMILES string of the molecule is CC12CCCCC1(C)N(c1cccc(Cl)c1)c1ccccc12.CC12CCCCC1(C)c1ccccc1C2.Clc1cccc(Br)c1.II(I)I(I)I(I)I(I)I(I)I(I)I(I)I(I)I(I)I(I)I(I)I(I)I(I)I(I)I(I)I(I)I(I)I(I)I(I)I(I)I(I)I(I)I(I)I(I)I(I)I(I)I(I)I(I)I(I)I(I)I(I)I(I)I(I)I. The quantitative estimate of drug-likeness (QED) is 0.0430. The van der Waals surface area contributed by atoms with E-state index in [1.807, 2.05) is 30.3 Å². The molecule has 8 rings (SSSR count). The number of fused-ring (bicyclic) bond motifs is 6. The Morgan fingerprint density at radius 1 is 0.283 bits per heavy atom. The molecule has 1 aliphatic heterocycles. The van der Waals surface area contributed by atoms with Crippen LogP contribution in [-0.2, 0) is 17.3 Å². The Kier molecular flexibility index (Phi) is 108. The predicted octanol–water partition coefficient (Wildman–Crippen LogP) is 73.5. The Bertz CT molecular complexity index is 3410. The summed E-state index contributed by atoms with van der Waals surface area (Å²) in [4.78, 5) is 2.55. The van der Waals surface area contributed by atoms with Gasteiger partial charge in [0.1, 0.15) is 0 Å². The summed E-state index contributed by atoms with van der Waals surface area (Å²) in [6.45, 7) is 9.90. The average molecular weight is 9330 g/mol. The normalized spacial score (nSPS) is 23.1. The van der Waals surface area contributed by atoms with Crippen molar-refractivity contribution in [3.8, 4) is 0 Å². The van der Waals surface area contributed by atoms with E-state index in [0.717, 1.165) is 14.5 Å². The number of benzene rings is 4. The molecule has 1 heterocycles. The molecule has 2 saturated carbocycles. The van der Waals surface area contributed by atoms with Gasteiger partial charge in [-0.25, -0.2) is 0 Å². The van der Waals surface area contributed by atoms with E-state index in [0.29, 0.717) is 10.8 Å².